The van der Waals surface area contributed by atoms with E-state index in [4.69, 9.17) is 11.6 Å². The van der Waals surface area contributed by atoms with Gasteiger partial charge in [-0.1, -0.05) is 17.7 Å². The molecule has 2 aromatic rings. The molecule has 0 aliphatic rings. The van der Waals surface area contributed by atoms with E-state index in [1.165, 1.54) is 29.1 Å². The van der Waals surface area contributed by atoms with Crippen molar-refractivity contribution in [2.75, 3.05) is 6.54 Å². The number of sulfonamides is 1. The molecule has 0 aliphatic carbocycles. The van der Waals surface area contributed by atoms with Crippen molar-refractivity contribution in [2.24, 2.45) is 0 Å². The number of nitrogens with one attached hydrogen (secondary N) is 1. The Hall–Kier alpha value is -1.70. The van der Waals surface area contributed by atoms with Crippen LogP contribution in [0.5, 0.6) is 0 Å². The molecule has 8 heteroatoms. The minimum Gasteiger partial charge on any atom is -0.268 e. The van der Waals surface area contributed by atoms with Gasteiger partial charge in [-0.3, -0.25) is 4.79 Å². The molecule has 0 saturated carbocycles. The van der Waals surface area contributed by atoms with Crippen LogP contribution < -0.4 is 10.3 Å². The van der Waals surface area contributed by atoms with Gasteiger partial charge in [0.2, 0.25) is 10.0 Å². The van der Waals surface area contributed by atoms with Crippen LogP contribution in [0.2, 0.25) is 5.02 Å². The number of hydrogen-bond acceptors (Lipinski definition) is 4. The zero-order valence-electron chi connectivity index (χ0n) is 11.3. The molecule has 21 heavy (non-hydrogen) atoms. The molecule has 1 N–H and O–H groups in total. The highest BCUT2D eigenvalue weighted by molar-refractivity contribution is 7.89. The summed E-state index contributed by atoms with van der Waals surface area (Å²) in [6, 6.07) is 7.58. The molecule has 112 valence electrons. The molecule has 0 saturated heterocycles. The Labute approximate surface area is 127 Å². The lowest BCUT2D eigenvalue weighted by atomic mass is 10.2. The van der Waals surface area contributed by atoms with Crippen molar-refractivity contribution in [1.82, 2.24) is 14.5 Å². The molecule has 0 unspecified atom stereocenters. The summed E-state index contributed by atoms with van der Waals surface area (Å²) in [5.41, 5.74) is 0.206. The third kappa shape index (κ3) is 3.69. The number of nitrogens with zero attached hydrogens (tertiary/aromatic N) is 2. The first-order valence-corrected chi connectivity index (χ1v) is 8.05. The van der Waals surface area contributed by atoms with Crippen molar-refractivity contribution in [1.29, 1.82) is 0 Å². The molecule has 0 fully saturated rings. The monoisotopic (exact) mass is 327 g/mol. The maximum atomic E-state index is 12.2. The SMILES string of the molecule is Cc1c(Cl)cccc1S(=O)(=O)NCCn1ncccc1=O. The molecule has 0 spiro atoms. The molecule has 1 aromatic heterocycles. The van der Waals surface area contributed by atoms with Gasteiger partial charge in [0, 0.05) is 23.8 Å². The van der Waals surface area contributed by atoms with E-state index in [0.717, 1.165) is 0 Å². The Morgan fingerprint density at radius 1 is 1.29 bits per heavy atom. The van der Waals surface area contributed by atoms with E-state index >= 15 is 0 Å². The lowest BCUT2D eigenvalue weighted by Crippen LogP contribution is -2.32. The lowest BCUT2D eigenvalue weighted by molar-refractivity contribution is 0.547. The van der Waals surface area contributed by atoms with Gasteiger partial charge in [-0.05, 0) is 30.7 Å². The van der Waals surface area contributed by atoms with E-state index in [-0.39, 0.29) is 23.5 Å². The van der Waals surface area contributed by atoms with Gasteiger partial charge in [-0.25, -0.2) is 17.8 Å². The topological polar surface area (TPSA) is 81.1 Å². The summed E-state index contributed by atoms with van der Waals surface area (Å²) in [6.07, 6.45) is 1.47. The molecule has 0 aliphatic heterocycles. The molecule has 0 radical (unpaired) electrons. The summed E-state index contributed by atoms with van der Waals surface area (Å²) < 4.78 is 28.0. The van der Waals surface area contributed by atoms with Gasteiger partial charge < -0.3 is 0 Å². The van der Waals surface area contributed by atoms with Crippen LogP contribution in [0.4, 0.5) is 0 Å². The first-order valence-electron chi connectivity index (χ1n) is 6.19. The average molecular weight is 328 g/mol. The first kappa shape index (κ1) is 15.7. The van der Waals surface area contributed by atoms with E-state index < -0.39 is 10.0 Å². The van der Waals surface area contributed by atoms with Gasteiger partial charge in [0.15, 0.2) is 0 Å². The zero-order valence-corrected chi connectivity index (χ0v) is 12.9. The Balaban J connectivity index is 2.11. The summed E-state index contributed by atoms with van der Waals surface area (Å²) in [4.78, 5) is 11.6. The fraction of sp³-hybridized carbons (Fsp3) is 0.231. The minimum absolute atomic E-state index is 0.0607. The number of aromatic nitrogens is 2. The molecule has 1 heterocycles. The van der Waals surface area contributed by atoms with Crippen LogP contribution in [0.1, 0.15) is 5.56 Å². The standard InChI is InChI=1S/C13H14ClN3O3S/c1-10-11(14)4-2-5-12(10)21(19,20)16-8-9-17-13(18)6-3-7-15-17/h2-7,16H,8-9H2,1H3. The van der Waals surface area contributed by atoms with Crippen LogP contribution in [0.3, 0.4) is 0 Å². The fourth-order valence-corrected chi connectivity index (χ4v) is 3.31. The molecule has 6 nitrogen and oxygen atoms in total. The van der Waals surface area contributed by atoms with Crippen LogP contribution in [0.25, 0.3) is 0 Å². The Kier molecular flexibility index (Phi) is 4.76. The minimum atomic E-state index is -3.67. The third-order valence-corrected chi connectivity index (χ3v) is 4.92. The van der Waals surface area contributed by atoms with Crippen molar-refractivity contribution < 1.29 is 8.42 Å². The maximum absolute atomic E-state index is 12.2. The predicted molar refractivity (Wildman–Crippen MR) is 79.9 cm³/mol. The van der Waals surface area contributed by atoms with E-state index in [1.807, 2.05) is 0 Å². The van der Waals surface area contributed by atoms with Gasteiger partial charge in [0.05, 0.1) is 11.4 Å². The molecule has 0 bridgehead atoms. The van der Waals surface area contributed by atoms with Crippen LogP contribution in [0, 0.1) is 6.92 Å². The van der Waals surface area contributed by atoms with E-state index in [0.29, 0.717) is 10.6 Å². The average Bonchev–Trinajstić information content (AvgIpc) is 2.43. The summed E-state index contributed by atoms with van der Waals surface area (Å²) in [5, 5.41) is 4.24. The number of hydrogen-bond donors (Lipinski definition) is 1. The third-order valence-electron chi connectivity index (χ3n) is 2.91. The number of halogens is 1. The predicted octanol–water partition coefficient (Wildman–Crippen LogP) is 1.18. The normalized spacial score (nSPS) is 11.5. The van der Waals surface area contributed by atoms with Crippen molar-refractivity contribution in [3.63, 3.8) is 0 Å². The highest BCUT2D eigenvalue weighted by Gasteiger charge is 2.17. The van der Waals surface area contributed by atoms with Gasteiger partial charge >= 0.3 is 0 Å². The van der Waals surface area contributed by atoms with Crippen molar-refractivity contribution in [3.8, 4) is 0 Å². The molecular weight excluding hydrogens is 314 g/mol. The second-order valence-electron chi connectivity index (χ2n) is 4.35. The molecule has 0 amide bonds. The summed E-state index contributed by atoms with van der Waals surface area (Å²) in [7, 11) is -3.67. The van der Waals surface area contributed by atoms with E-state index in [9.17, 15) is 13.2 Å². The highest BCUT2D eigenvalue weighted by Crippen LogP contribution is 2.22. The highest BCUT2D eigenvalue weighted by atomic mass is 35.5. The number of rotatable bonds is 5. The zero-order chi connectivity index (χ0) is 15.5. The molecule has 0 atom stereocenters. The van der Waals surface area contributed by atoms with E-state index in [1.54, 1.807) is 19.1 Å². The van der Waals surface area contributed by atoms with Gasteiger partial charge in [-0.2, -0.15) is 5.10 Å². The Bertz CT molecular complexity index is 802. The van der Waals surface area contributed by atoms with Crippen LogP contribution in [-0.4, -0.2) is 24.7 Å². The summed E-state index contributed by atoms with van der Waals surface area (Å²) >= 11 is 5.92. The molecule has 2 rings (SSSR count). The molecular formula is C13H14ClN3O3S. The summed E-state index contributed by atoms with van der Waals surface area (Å²) in [5.74, 6) is 0. The van der Waals surface area contributed by atoms with Gasteiger partial charge in [-0.15, -0.1) is 0 Å². The molecule has 1 aromatic carbocycles. The number of benzene rings is 1. The van der Waals surface area contributed by atoms with Gasteiger partial charge in [0.1, 0.15) is 0 Å². The fourth-order valence-electron chi connectivity index (χ4n) is 1.80. The van der Waals surface area contributed by atoms with Crippen molar-refractivity contribution >= 4 is 21.6 Å². The van der Waals surface area contributed by atoms with E-state index in [2.05, 4.69) is 9.82 Å². The Morgan fingerprint density at radius 3 is 2.76 bits per heavy atom. The second-order valence-corrected chi connectivity index (χ2v) is 6.49. The second kappa shape index (κ2) is 6.38. The van der Waals surface area contributed by atoms with Crippen molar-refractivity contribution in [2.45, 2.75) is 18.4 Å². The first-order chi connectivity index (χ1) is 9.92. The summed E-state index contributed by atoms with van der Waals surface area (Å²) in [6.45, 7) is 1.85. The van der Waals surface area contributed by atoms with Crippen LogP contribution in [0.15, 0.2) is 46.2 Å². The maximum Gasteiger partial charge on any atom is 0.266 e. The van der Waals surface area contributed by atoms with Crippen LogP contribution in [-0.2, 0) is 16.6 Å². The van der Waals surface area contributed by atoms with Crippen molar-refractivity contribution in [3.05, 3.63) is 57.5 Å². The largest absolute Gasteiger partial charge is 0.268 e. The lowest BCUT2D eigenvalue weighted by Gasteiger charge is -2.10. The van der Waals surface area contributed by atoms with Gasteiger partial charge in [0.25, 0.3) is 5.56 Å². The quantitative estimate of drug-likeness (QED) is 0.894. The Morgan fingerprint density at radius 2 is 2.05 bits per heavy atom. The van der Waals surface area contributed by atoms with Crippen LogP contribution >= 0.6 is 11.6 Å². The smallest absolute Gasteiger partial charge is 0.266 e.